The molecule has 0 spiro atoms. The van der Waals surface area contributed by atoms with Crippen molar-refractivity contribution in [3.05, 3.63) is 29.8 Å². The zero-order valence-corrected chi connectivity index (χ0v) is 10.6. The van der Waals surface area contributed by atoms with Crippen molar-refractivity contribution in [3.8, 4) is 5.75 Å². The topological polar surface area (TPSA) is 52.3 Å². The Morgan fingerprint density at radius 1 is 1.29 bits per heavy atom. The molecule has 1 aromatic rings. The summed E-state index contributed by atoms with van der Waals surface area (Å²) < 4.78 is 5.33. The van der Waals surface area contributed by atoms with Crippen molar-refractivity contribution in [2.75, 3.05) is 13.2 Å². The lowest BCUT2D eigenvalue weighted by atomic mass is 9.96. The van der Waals surface area contributed by atoms with Gasteiger partial charge in [0.15, 0.2) is 5.78 Å². The molecule has 1 rings (SSSR count). The van der Waals surface area contributed by atoms with Crippen molar-refractivity contribution < 1.29 is 9.53 Å². The van der Waals surface area contributed by atoms with Gasteiger partial charge in [0.2, 0.25) is 0 Å². The van der Waals surface area contributed by atoms with Gasteiger partial charge < -0.3 is 10.5 Å². The minimum absolute atomic E-state index is 0.158. The fourth-order valence-corrected chi connectivity index (χ4v) is 1.68. The standard InChI is InChI=1S/C14H21NO2/c1-3-11(10-15)9-14(16)12-5-7-13(8-6-12)17-4-2/h5-8,11H,3-4,9-10,15H2,1-2H3. The molecule has 3 nitrogen and oxygen atoms in total. The van der Waals surface area contributed by atoms with E-state index in [9.17, 15) is 4.79 Å². The molecule has 0 aliphatic carbocycles. The van der Waals surface area contributed by atoms with E-state index in [1.807, 2.05) is 31.2 Å². The number of hydrogen-bond acceptors (Lipinski definition) is 3. The van der Waals surface area contributed by atoms with Gasteiger partial charge in [-0.2, -0.15) is 0 Å². The summed E-state index contributed by atoms with van der Waals surface area (Å²) in [5.74, 6) is 1.24. The van der Waals surface area contributed by atoms with Crippen molar-refractivity contribution in [1.82, 2.24) is 0 Å². The molecule has 0 heterocycles. The van der Waals surface area contributed by atoms with Crippen molar-refractivity contribution in [2.45, 2.75) is 26.7 Å². The highest BCUT2D eigenvalue weighted by Gasteiger charge is 2.12. The molecule has 0 saturated carbocycles. The van der Waals surface area contributed by atoms with Crippen LogP contribution in [0.5, 0.6) is 5.75 Å². The maximum Gasteiger partial charge on any atom is 0.163 e. The predicted molar refractivity (Wildman–Crippen MR) is 69.4 cm³/mol. The quantitative estimate of drug-likeness (QED) is 0.739. The molecule has 0 saturated heterocycles. The van der Waals surface area contributed by atoms with Crippen LogP contribution in [-0.2, 0) is 0 Å². The van der Waals surface area contributed by atoms with E-state index in [0.717, 1.165) is 17.7 Å². The summed E-state index contributed by atoms with van der Waals surface area (Å²) in [7, 11) is 0. The van der Waals surface area contributed by atoms with Crippen LogP contribution in [0.3, 0.4) is 0 Å². The average molecular weight is 235 g/mol. The normalized spacial score (nSPS) is 12.2. The number of carbonyl (C=O) groups excluding carboxylic acids is 1. The zero-order chi connectivity index (χ0) is 12.7. The van der Waals surface area contributed by atoms with Crippen LogP contribution in [0, 0.1) is 5.92 Å². The Hall–Kier alpha value is -1.35. The van der Waals surface area contributed by atoms with Crippen LogP contribution < -0.4 is 10.5 Å². The van der Waals surface area contributed by atoms with Crippen LogP contribution in [0.4, 0.5) is 0 Å². The first-order valence-corrected chi connectivity index (χ1v) is 6.17. The molecule has 0 radical (unpaired) electrons. The lowest BCUT2D eigenvalue weighted by Gasteiger charge is -2.11. The number of benzene rings is 1. The first-order chi connectivity index (χ1) is 8.21. The smallest absolute Gasteiger partial charge is 0.163 e. The number of carbonyl (C=O) groups is 1. The van der Waals surface area contributed by atoms with Crippen molar-refractivity contribution in [1.29, 1.82) is 0 Å². The summed E-state index contributed by atoms with van der Waals surface area (Å²) in [5, 5.41) is 0. The predicted octanol–water partition coefficient (Wildman–Crippen LogP) is 2.64. The van der Waals surface area contributed by atoms with Gasteiger partial charge in [-0.1, -0.05) is 13.3 Å². The van der Waals surface area contributed by atoms with E-state index in [0.29, 0.717) is 19.6 Å². The molecule has 1 unspecified atom stereocenters. The van der Waals surface area contributed by atoms with E-state index in [-0.39, 0.29) is 11.7 Å². The second-order valence-corrected chi connectivity index (χ2v) is 4.09. The zero-order valence-electron chi connectivity index (χ0n) is 10.6. The van der Waals surface area contributed by atoms with E-state index >= 15 is 0 Å². The summed E-state index contributed by atoms with van der Waals surface area (Å²) in [6, 6.07) is 7.30. The largest absolute Gasteiger partial charge is 0.494 e. The molecule has 0 aromatic heterocycles. The van der Waals surface area contributed by atoms with Crippen LogP contribution in [0.1, 0.15) is 37.0 Å². The van der Waals surface area contributed by atoms with Crippen LogP contribution in [0.25, 0.3) is 0 Å². The Kier molecular flexibility index (Phi) is 5.70. The number of ether oxygens (including phenoxy) is 1. The van der Waals surface area contributed by atoms with Gasteiger partial charge >= 0.3 is 0 Å². The van der Waals surface area contributed by atoms with Gasteiger partial charge in [-0.25, -0.2) is 0 Å². The van der Waals surface area contributed by atoms with Gasteiger partial charge in [0.25, 0.3) is 0 Å². The second kappa shape index (κ2) is 7.07. The number of nitrogens with two attached hydrogens (primary N) is 1. The highest BCUT2D eigenvalue weighted by Crippen LogP contribution is 2.16. The van der Waals surface area contributed by atoms with Crippen LogP contribution in [0.15, 0.2) is 24.3 Å². The summed E-state index contributed by atoms with van der Waals surface area (Å²) in [6.45, 7) is 5.20. The highest BCUT2D eigenvalue weighted by molar-refractivity contribution is 5.96. The molecule has 17 heavy (non-hydrogen) atoms. The van der Waals surface area contributed by atoms with Crippen molar-refractivity contribution in [2.24, 2.45) is 11.7 Å². The van der Waals surface area contributed by atoms with Gasteiger partial charge in [0.05, 0.1) is 6.61 Å². The molecule has 0 fully saturated rings. The summed E-state index contributed by atoms with van der Waals surface area (Å²) in [4.78, 5) is 11.9. The minimum Gasteiger partial charge on any atom is -0.494 e. The Labute approximate surface area is 103 Å². The maximum absolute atomic E-state index is 11.9. The van der Waals surface area contributed by atoms with Gasteiger partial charge in [-0.05, 0) is 43.7 Å². The highest BCUT2D eigenvalue weighted by atomic mass is 16.5. The van der Waals surface area contributed by atoms with E-state index in [2.05, 4.69) is 6.92 Å². The molecule has 0 aliphatic heterocycles. The minimum atomic E-state index is 0.158. The van der Waals surface area contributed by atoms with Crippen molar-refractivity contribution >= 4 is 5.78 Å². The van der Waals surface area contributed by atoms with Crippen LogP contribution >= 0.6 is 0 Å². The third-order valence-electron chi connectivity index (χ3n) is 2.87. The molecule has 0 aliphatic rings. The summed E-state index contributed by atoms with van der Waals surface area (Å²) >= 11 is 0. The summed E-state index contributed by atoms with van der Waals surface area (Å²) in [6.07, 6.45) is 1.47. The fourth-order valence-electron chi connectivity index (χ4n) is 1.68. The van der Waals surface area contributed by atoms with Gasteiger partial charge in [-0.3, -0.25) is 4.79 Å². The van der Waals surface area contributed by atoms with Gasteiger partial charge in [-0.15, -0.1) is 0 Å². The van der Waals surface area contributed by atoms with Gasteiger partial charge in [0, 0.05) is 12.0 Å². The fraction of sp³-hybridized carbons (Fsp3) is 0.500. The first kappa shape index (κ1) is 13.7. The second-order valence-electron chi connectivity index (χ2n) is 4.09. The molecular weight excluding hydrogens is 214 g/mol. The monoisotopic (exact) mass is 235 g/mol. The molecular formula is C14H21NO2. The number of Topliss-reactive ketones (excluding diaryl/α,β-unsaturated/α-hetero) is 1. The SMILES string of the molecule is CCOc1ccc(C(=O)CC(CC)CN)cc1. The Morgan fingerprint density at radius 3 is 2.41 bits per heavy atom. The van der Waals surface area contributed by atoms with E-state index in [1.54, 1.807) is 0 Å². The molecule has 2 N–H and O–H groups in total. The van der Waals surface area contributed by atoms with Gasteiger partial charge in [0.1, 0.15) is 5.75 Å². The number of ketones is 1. The number of hydrogen-bond donors (Lipinski definition) is 1. The van der Waals surface area contributed by atoms with E-state index in [1.165, 1.54) is 0 Å². The Bertz CT molecular complexity index is 342. The molecule has 0 amide bonds. The third-order valence-corrected chi connectivity index (χ3v) is 2.87. The molecule has 0 bridgehead atoms. The molecule has 3 heteroatoms. The van der Waals surface area contributed by atoms with Crippen molar-refractivity contribution in [3.63, 3.8) is 0 Å². The lowest BCUT2D eigenvalue weighted by molar-refractivity contribution is 0.0961. The average Bonchev–Trinajstić information content (AvgIpc) is 2.37. The van der Waals surface area contributed by atoms with E-state index < -0.39 is 0 Å². The lowest BCUT2D eigenvalue weighted by Crippen LogP contribution is -2.17. The maximum atomic E-state index is 11.9. The molecule has 1 aromatic carbocycles. The van der Waals surface area contributed by atoms with E-state index in [4.69, 9.17) is 10.5 Å². The molecule has 1 atom stereocenters. The number of rotatable bonds is 7. The summed E-state index contributed by atoms with van der Waals surface area (Å²) in [5.41, 5.74) is 6.34. The first-order valence-electron chi connectivity index (χ1n) is 6.17. The third kappa shape index (κ3) is 4.19. The molecule has 94 valence electrons. The van der Waals surface area contributed by atoms with Crippen LogP contribution in [0.2, 0.25) is 0 Å². The Morgan fingerprint density at radius 2 is 1.94 bits per heavy atom. The van der Waals surface area contributed by atoms with Crippen LogP contribution in [-0.4, -0.2) is 18.9 Å². The Balaban J connectivity index is 2.63.